The maximum absolute atomic E-state index is 10.6. The molecule has 68 valence electrons. The first-order chi connectivity index (χ1) is 6.09. The highest BCUT2D eigenvalue weighted by Crippen LogP contribution is 2.09. The van der Waals surface area contributed by atoms with E-state index >= 15 is 0 Å². The third kappa shape index (κ3) is 2.48. The van der Waals surface area contributed by atoms with Crippen LogP contribution < -0.4 is 16.2 Å². The monoisotopic (exact) mass is 179 g/mol. The van der Waals surface area contributed by atoms with Crippen LogP contribution in [-0.2, 0) is 9.59 Å². The number of benzene rings is 1. The van der Waals surface area contributed by atoms with E-state index in [4.69, 9.17) is 5.73 Å². The lowest BCUT2D eigenvalue weighted by atomic mass is 10.3. The summed E-state index contributed by atoms with van der Waals surface area (Å²) in [6.07, 6.45) is 0. The molecule has 0 bridgehead atoms. The molecule has 1 aromatic carbocycles. The number of amides is 1. The average molecular weight is 179 g/mol. The quantitative estimate of drug-likeness (QED) is 0.425. The molecule has 0 aliphatic heterocycles. The first-order valence-electron chi connectivity index (χ1n) is 3.47. The van der Waals surface area contributed by atoms with Crippen molar-refractivity contribution in [1.82, 2.24) is 0 Å². The molecule has 0 aliphatic carbocycles. The SMILES string of the molecule is Nc1ccc(NC(=O)C(=O)[O-])cc1. The molecule has 0 spiro atoms. The van der Waals surface area contributed by atoms with Gasteiger partial charge in [-0.2, -0.15) is 0 Å². The van der Waals surface area contributed by atoms with Gasteiger partial charge in [0.25, 0.3) is 5.91 Å². The number of carboxylic acids is 1. The Morgan fingerprint density at radius 3 is 2.23 bits per heavy atom. The lowest BCUT2D eigenvalue weighted by Crippen LogP contribution is -2.36. The molecule has 0 fully saturated rings. The van der Waals surface area contributed by atoms with Crippen LogP contribution in [0.25, 0.3) is 0 Å². The first kappa shape index (κ1) is 9.05. The second kappa shape index (κ2) is 3.57. The second-order valence-corrected chi connectivity index (χ2v) is 2.36. The van der Waals surface area contributed by atoms with Crippen molar-refractivity contribution in [1.29, 1.82) is 0 Å². The van der Waals surface area contributed by atoms with Gasteiger partial charge in [-0.1, -0.05) is 0 Å². The molecular weight excluding hydrogens is 172 g/mol. The van der Waals surface area contributed by atoms with Crippen LogP contribution in [0.3, 0.4) is 0 Å². The lowest BCUT2D eigenvalue weighted by Gasteiger charge is -2.04. The molecule has 1 rings (SSSR count). The topological polar surface area (TPSA) is 95.2 Å². The number of nitrogens with one attached hydrogen (secondary N) is 1. The van der Waals surface area contributed by atoms with Gasteiger partial charge < -0.3 is 21.0 Å². The van der Waals surface area contributed by atoms with Crippen LogP contribution in [-0.4, -0.2) is 11.9 Å². The summed E-state index contributed by atoms with van der Waals surface area (Å²) in [4.78, 5) is 20.6. The van der Waals surface area contributed by atoms with Gasteiger partial charge in [0.2, 0.25) is 0 Å². The maximum Gasteiger partial charge on any atom is 0.271 e. The Morgan fingerprint density at radius 2 is 1.77 bits per heavy atom. The number of carbonyl (C=O) groups excluding carboxylic acids is 2. The van der Waals surface area contributed by atoms with E-state index in [2.05, 4.69) is 5.32 Å². The Kier molecular flexibility index (Phi) is 2.49. The molecule has 3 N–H and O–H groups in total. The highest BCUT2D eigenvalue weighted by molar-refractivity contribution is 6.35. The van der Waals surface area contributed by atoms with E-state index < -0.39 is 11.9 Å². The van der Waals surface area contributed by atoms with Crippen LogP contribution in [0.2, 0.25) is 0 Å². The number of hydrogen-bond acceptors (Lipinski definition) is 4. The number of hydrogen-bond donors (Lipinski definition) is 2. The van der Waals surface area contributed by atoms with Crippen molar-refractivity contribution < 1.29 is 14.7 Å². The highest BCUT2D eigenvalue weighted by atomic mass is 16.4. The van der Waals surface area contributed by atoms with Gasteiger partial charge in [-0.05, 0) is 24.3 Å². The zero-order valence-electron chi connectivity index (χ0n) is 6.61. The Labute approximate surface area is 74.2 Å². The lowest BCUT2D eigenvalue weighted by molar-refractivity contribution is -0.299. The average Bonchev–Trinajstić information content (AvgIpc) is 2.08. The van der Waals surface area contributed by atoms with Crippen molar-refractivity contribution in [3.8, 4) is 0 Å². The summed E-state index contributed by atoms with van der Waals surface area (Å²) >= 11 is 0. The fraction of sp³-hybridized carbons (Fsp3) is 0. The Bertz CT molecular complexity index is 332. The van der Waals surface area contributed by atoms with Crippen LogP contribution >= 0.6 is 0 Å². The third-order valence-corrected chi connectivity index (χ3v) is 1.35. The molecule has 0 unspecified atom stereocenters. The van der Waals surface area contributed by atoms with E-state index in [0.29, 0.717) is 11.4 Å². The van der Waals surface area contributed by atoms with Crippen LogP contribution in [0.15, 0.2) is 24.3 Å². The largest absolute Gasteiger partial charge is 0.540 e. The van der Waals surface area contributed by atoms with Gasteiger partial charge in [0.15, 0.2) is 0 Å². The Morgan fingerprint density at radius 1 is 1.23 bits per heavy atom. The van der Waals surface area contributed by atoms with Gasteiger partial charge in [0.05, 0.1) is 0 Å². The zero-order valence-corrected chi connectivity index (χ0v) is 6.61. The number of carboxylic acid groups (broad SMARTS) is 1. The molecule has 0 saturated carbocycles. The number of rotatable bonds is 1. The molecule has 1 amide bonds. The minimum Gasteiger partial charge on any atom is -0.540 e. The van der Waals surface area contributed by atoms with Crippen molar-refractivity contribution in [2.45, 2.75) is 0 Å². The van der Waals surface area contributed by atoms with E-state index in [1.807, 2.05) is 0 Å². The normalized spacial score (nSPS) is 9.23. The van der Waals surface area contributed by atoms with Crippen molar-refractivity contribution in [2.75, 3.05) is 11.1 Å². The summed E-state index contributed by atoms with van der Waals surface area (Å²) in [7, 11) is 0. The zero-order chi connectivity index (χ0) is 9.84. The maximum atomic E-state index is 10.6. The predicted molar refractivity (Wildman–Crippen MR) is 44.5 cm³/mol. The molecule has 0 atom stereocenters. The van der Waals surface area contributed by atoms with Crippen molar-refractivity contribution >= 4 is 23.3 Å². The van der Waals surface area contributed by atoms with E-state index in [1.54, 1.807) is 12.1 Å². The number of aliphatic carboxylic acids is 1. The molecule has 0 aliphatic rings. The minimum atomic E-state index is -1.77. The van der Waals surface area contributed by atoms with Gasteiger partial charge in [0, 0.05) is 11.4 Å². The summed E-state index contributed by atoms with van der Waals surface area (Å²) in [5.74, 6) is -2.94. The van der Waals surface area contributed by atoms with Gasteiger partial charge in [-0.15, -0.1) is 0 Å². The Hall–Kier alpha value is -2.04. The van der Waals surface area contributed by atoms with E-state index in [-0.39, 0.29) is 0 Å². The molecule has 5 heteroatoms. The minimum absolute atomic E-state index is 0.364. The second-order valence-electron chi connectivity index (χ2n) is 2.36. The molecule has 1 aromatic rings. The summed E-state index contributed by atoms with van der Waals surface area (Å²) in [6.45, 7) is 0. The molecule has 0 heterocycles. The molecule has 0 radical (unpaired) electrons. The summed E-state index contributed by atoms with van der Waals surface area (Å²) < 4.78 is 0. The van der Waals surface area contributed by atoms with Crippen LogP contribution in [0.5, 0.6) is 0 Å². The van der Waals surface area contributed by atoms with Gasteiger partial charge in [0.1, 0.15) is 5.97 Å². The van der Waals surface area contributed by atoms with Gasteiger partial charge >= 0.3 is 0 Å². The number of carbonyl (C=O) groups is 2. The molecule has 5 nitrogen and oxygen atoms in total. The van der Waals surface area contributed by atoms with Gasteiger partial charge in [-0.25, -0.2) is 0 Å². The van der Waals surface area contributed by atoms with Crippen molar-refractivity contribution in [2.24, 2.45) is 0 Å². The van der Waals surface area contributed by atoms with Crippen molar-refractivity contribution in [3.05, 3.63) is 24.3 Å². The Balaban J connectivity index is 2.70. The van der Waals surface area contributed by atoms with Crippen LogP contribution in [0.4, 0.5) is 11.4 Å². The molecule has 13 heavy (non-hydrogen) atoms. The third-order valence-electron chi connectivity index (χ3n) is 1.35. The van der Waals surface area contributed by atoms with Crippen LogP contribution in [0.1, 0.15) is 0 Å². The fourth-order valence-corrected chi connectivity index (χ4v) is 0.749. The fourth-order valence-electron chi connectivity index (χ4n) is 0.749. The smallest absolute Gasteiger partial charge is 0.271 e. The number of anilines is 2. The molecular formula is C8H7N2O3-. The van der Waals surface area contributed by atoms with Crippen LogP contribution in [0, 0.1) is 0 Å². The van der Waals surface area contributed by atoms with E-state index in [9.17, 15) is 14.7 Å². The molecule has 0 aromatic heterocycles. The van der Waals surface area contributed by atoms with Crippen molar-refractivity contribution in [3.63, 3.8) is 0 Å². The number of nitrogens with two attached hydrogens (primary N) is 1. The van der Waals surface area contributed by atoms with Gasteiger partial charge in [-0.3, -0.25) is 4.79 Å². The molecule has 0 saturated heterocycles. The summed E-state index contributed by atoms with van der Waals surface area (Å²) in [5.41, 5.74) is 6.27. The summed E-state index contributed by atoms with van der Waals surface area (Å²) in [6, 6.07) is 6.09. The standard InChI is InChI=1S/C8H8N2O3/c9-5-1-3-6(4-2-5)10-7(11)8(12)13/h1-4H,9H2,(H,10,11)(H,12,13)/p-1. The summed E-state index contributed by atoms with van der Waals surface area (Å²) in [5, 5.41) is 12.1. The van der Waals surface area contributed by atoms with E-state index in [0.717, 1.165) is 0 Å². The number of nitrogen functional groups attached to an aromatic ring is 1. The van der Waals surface area contributed by atoms with E-state index in [1.165, 1.54) is 12.1 Å². The predicted octanol–water partition coefficient (Wildman–Crippen LogP) is -1.04. The first-order valence-corrected chi connectivity index (χ1v) is 3.47. The highest BCUT2D eigenvalue weighted by Gasteiger charge is 2.01.